The first-order chi connectivity index (χ1) is 6.68. The van der Waals surface area contributed by atoms with E-state index in [0.29, 0.717) is 5.70 Å². The predicted molar refractivity (Wildman–Crippen MR) is 52.2 cm³/mol. The van der Waals surface area contributed by atoms with Gasteiger partial charge in [0.1, 0.15) is 6.23 Å². The average molecular weight is 194 g/mol. The molecule has 0 spiro atoms. The van der Waals surface area contributed by atoms with Crippen molar-refractivity contribution in [2.75, 3.05) is 6.61 Å². The Morgan fingerprint density at radius 3 is 3.14 bits per heavy atom. The number of amides is 2. The third-order valence-electron chi connectivity index (χ3n) is 2.52. The normalized spacial score (nSPS) is 27.6. The van der Waals surface area contributed by atoms with E-state index >= 15 is 0 Å². The van der Waals surface area contributed by atoms with Gasteiger partial charge in [-0.1, -0.05) is 6.58 Å². The molecule has 0 aromatic carbocycles. The Hall–Kier alpha value is -1.29. The van der Waals surface area contributed by atoms with E-state index in [1.165, 1.54) is 0 Å². The molecule has 2 aliphatic heterocycles. The third-order valence-corrected chi connectivity index (χ3v) is 2.52. The van der Waals surface area contributed by atoms with Crippen LogP contribution in [0.4, 0.5) is 4.79 Å². The van der Waals surface area contributed by atoms with E-state index in [0.717, 1.165) is 25.0 Å². The number of nitrogens with zero attached hydrogens (tertiary/aromatic N) is 1. The van der Waals surface area contributed by atoms with Gasteiger partial charge in [-0.2, -0.15) is 0 Å². The maximum Gasteiger partial charge on any atom is 0.327 e. The summed E-state index contributed by atoms with van der Waals surface area (Å²) < 4.78 is 5.44. The van der Waals surface area contributed by atoms with Gasteiger partial charge in [0.15, 0.2) is 0 Å². The molecule has 0 radical (unpaired) electrons. The van der Waals surface area contributed by atoms with Gasteiger partial charge >= 0.3 is 6.03 Å². The highest BCUT2D eigenvalue weighted by atomic mass is 16.5. The molecule has 1 N–H and O–H groups in total. The summed E-state index contributed by atoms with van der Waals surface area (Å²) in [6, 6.07) is -0.146. The maximum atomic E-state index is 11.6. The molecule has 2 aliphatic rings. The first kappa shape index (κ1) is 9.27. The minimum absolute atomic E-state index is 0.0990. The first-order valence-electron chi connectivity index (χ1n) is 4.77. The number of carbonyl (C=O) groups is 1. The van der Waals surface area contributed by atoms with E-state index in [9.17, 15) is 4.79 Å². The average Bonchev–Trinajstić information content (AvgIpc) is 2.64. The fourth-order valence-electron chi connectivity index (χ4n) is 1.63. The lowest BCUT2D eigenvalue weighted by Gasteiger charge is -2.30. The van der Waals surface area contributed by atoms with Crippen LogP contribution in [-0.2, 0) is 4.74 Å². The molecule has 1 unspecified atom stereocenters. The number of hydrogen-bond donors (Lipinski definition) is 1. The van der Waals surface area contributed by atoms with Crippen molar-refractivity contribution in [1.29, 1.82) is 0 Å². The molecule has 1 fully saturated rings. The van der Waals surface area contributed by atoms with E-state index in [4.69, 9.17) is 4.74 Å². The van der Waals surface area contributed by atoms with Gasteiger partial charge in [-0.3, -0.25) is 4.90 Å². The summed E-state index contributed by atoms with van der Waals surface area (Å²) in [7, 11) is 0. The van der Waals surface area contributed by atoms with Crippen molar-refractivity contribution in [3.63, 3.8) is 0 Å². The highest BCUT2D eigenvalue weighted by molar-refractivity contribution is 5.80. The quantitative estimate of drug-likeness (QED) is 0.688. The summed E-state index contributed by atoms with van der Waals surface area (Å²) in [4.78, 5) is 13.2. The summed E-state index contributed by atoms with van der Waals surface area (Å²) in [5.74, 6) is 0. The predicted octanol–water partition coefficient (Wildman–Crippen LogP) is 1.57. The highest BCUT2D eigenvalue weighted by Gasteiger charge is 2.29. The molecule has 2 amide bonds. The molecule has 0 aromatic rings. The van der Waals surface area contributed by atoms with Crippen LogP contribution in [0.25, 0.3) is 0 Å². The van der Waals surface area contributed by atoms with E-state index in [2.05, 4.69) is 11.9 Å². The summed E-state index contributed by atoms with van der Waals surface area (Å²) in [5.41, 5.74) is 1.64. The van der Waals surface area contributed by atoms with Gasteiger partial charge in [-0.25, -0.2) is 4.79 Å². The van der Waals surface area contributed by atoms with E-state index in [1.54, 1.807) is 11.1 Å². The topological polar surface area (TPSA) is 41.6 Å². The Kier molecular flexibility index (Phi) is 2.29. The Morgan fingerprint density at radius 1 is 1.71 bits per heavy atom. The number of carbonyl (C=O) groups excluding carboxylic acids is 1. The zero-order valence-electron chi connectivity index (χ0n) is 8.25. The lowest BCUT2D eigenvalue weighted by molar-refractivity contribution is 0.0261. The zero-order chi connectivity index (χ0) is 10.1. The van der Waals surface area contributed by atoms with Crippen molar-refractivity contribution < 1.29 is 9.53 Å². The zero-order valence-corrected chi connectivity index (χ0v) is 8.25. The summed E-state index contributed by atoms with van der Waals surface area (Å²) in [6.45, 7) is 6.40. The molecule has 76 valence electrons. The summed E-state index contributed by atoms with van der Waals surface area (Å²) >= 11 is 0. The minimum atomic E-state index is -0.146. The van der Waals surface area contributed by atoms with E-state index in [1.807, 2.05) is 6.92 Å². The monoisotopic (exact) mass is 194 g/mol. The lowest BCUT2D eigenvalue weighted by Crippen LogP contribution is -2.45. The van der Waals surface area contributed by atoms with Crippen LogP contribution < -0.4 is 5.32 Å². The fraction of sp³-hybridized carbons (Fsp3) is 0.500. The van der Waals surface area contributed by atoms with Crippen LogP contribution >= 0.6 is 0 Å². The second-order valence-electron chi connectivity index (χ2n) is 3.60. The smallest absolute Gasteiger partial charge is 0.327 e. The molecule has 0 aromatic heterocycles. The van der Waals surface area contributed by atoms with Gasteiger partial charge in [0.05, 0.1) is 0 Å². The van der Waals surface area contributed by atoms with Crippen molar-refractivity contribution in [3.8, 4) is 0 Å². The largest absolute Gasteiger partial charge is 0.358 e. The van der Waals surface area contributed by atoms with Crippen molar-refractivity contribution in [1.82, 2.24) is 10.2 Å². The number of nitrogens with one attached hydrogen (secondary N) is 1. The number of hydrogen-bond acceptors (Lipinski definition) is 2. The fourth-order valence-corrected chi connectivity index (χ4v) is 1.63. The van der Waals surface area contributed by atoms with Gasteiger partial charge < -0.3 is 10.1 Å². The Bertz CT molecular complexity index is 303. The molecule has 0 bridgehead atoms. The molecular weight excluding hydrogens is 180 g/mol. The number of ether oxygens (including phenoxy) is 1. The van der Waals surface area contributed by atoms with Gasteiger partial charge in [0.25, 0.3) is 0 Å². The van der Waals surface area contributed by atoms with Crippen LogP contribution in [0.1, 0.15) is 19.8 Å². The minimum Gasteiger partial charge on any atom is -0.358 e. The summed E-state index contributed by atoms with van der Waals surface area (Å²) in [5, 5.41) is 2.70. The molecular formula is C10H14N2O2. The molecule has 0 saturated carbocycles. The van der Waals surface area contributed by atoms with Crippen LogP contribution in [0.5, 0.6) is 0 Å². The van der Waals surface area contributed by atoms with Crippen molar-refractivity contribution in [3.05, 3.63) is 24.0 Å². The lowest BCUT2D eigenvalue weighted by atomic mass is 10.2. The number of rotatable bonds is 1. The molecule has 1 saturated heterocycles. The van der Waals surface area contributed by atoms with E-state index < -0.39 is 0 Å². The van der Waals surface area contributed by atoms with Crippen LogP contribution in [-0.4, -0.2) is 23.8 Å². The Balaban J connectivity index is 2.17. The van der Waals surface area contributed by atoms with Crippen molar-refractivity contribution in [2.45, 2.75) is 26.0 Å². The SMILES string of the molecule is C=C1NC(=O)N(C2CCCO2)C=C1C. The van der Waals surface area contributed by atoms with E-state index in [-0.39, 0.29) is 12.3 Å². The molecule has 4 heteroatoms. The standard InChI is InChI=1S/C10H14N2O2/c1-7-6-12(9-4-3-5-14-9)10(13)11-8(7)2/h6,9H,2-5H2,1H3,(H,11,13). The van der Waals surface area contributed by atoms with Gasteiger partial charge in [0.2, 0.25) is 0 Å². The molecule has 2 heterocycles. The maximum absolute atomic E-state index is 11.6. The van der Waals surface area contributed by atoms with Crippen LogP contribution in [0, 0.1) is 0 Å². The second kappa shape index (κ2) is 3.46. The first-order valence-corrected chi connectivity index (χ1v) is 4.77. The molecule has 14 heavy (non-hydrogen) atoms. The van der Waals surface area contributed by atoms with Gasteiger partial charge in [-0.05, 0) is 25.3 Å². The molecule has 4 nitrogen and oxygen atoms in total. The number of allylic oxidation sites excluding steroid dienone is 1. The molecule has 0 aliphatic carbocycles. The Labute approximate surface area is 83.2 Å². The number of urea groups is 1. The van der Waals surface area contributed by atoms with Crippen LogP contribution in [0.3, 0.4) is 0 Å². The van der Waals surface area contributed by atoms with Crippen LogP contribution in [0.2, 0.25) is 0 Å². The second-order valence-corrected chi connectivity index (χ2v) is 3.60. The Morgan fingerprint density at radius 2 is 2.50 bits per heavy atom. The van der Waals surface area contributed by atoms with Gasteiger partial charge in [-0.15, -0.1) is 0 Å². The molecule has 1 atom stereocenters. The van der Waals surface area contributed by atoms with Crippen molar-refractivity contribution in [2.24, 2.45) is 0 Å². The van der Waals surface area contributed by atoms with Crippen LogP contribution in [0.15, 0.2) is 24.0 Å². The highest BCUT2D eigenvalue weighted by Crippen LogP contribution is 2.21. The molecule has 2 rings (SSSR count). The van der Waals surface area contributed by atoms with Crippen molar-refractivity contribution >= 4 is 6.03 Å². The summed E-state index contributed by atoms with van der Waals surface area (Å²) in [6.07, 6.45) is 3.63. The third kappa shape index (κ3) is 1.53. The van der Waals surface area contributed by atoms with Gasteiger partial charge in [0, 0.05) is 18.5 Å².